The highest BCUT2D eigenvalue weighted by Crippen LogP contribution is 2.18. The summed E-state index contributed by atoms with van der Waals surface area (Å²) in [6.07, 6.45) is -3.19. The second kappa shape index (κ2) is 5.35. The third kappa shape index (κ3) is 3.70. The Kier molecular flexibility index (Phi) is 3.81. The number of aromatic nitrogens is 1. The molecule has 0 spiro atoms. The zero-order valence-electron chi connectivity index (χ0n) is 9.67. The van der Waals surface area contributed by atoms with Crippen molar-refractivity contribution in [3.63, 3.8) is 0 Å². The van der Waals surface area contributed by atoms with Gasteiger partial charge in [0.1, 0.15) is 0 Å². The molecule has 5 heteroatoms. The Morgan fingerprint density at radius 1 is 1.17 bits per heavy atom. The van der Waals surface area contributed by atoms with Gasteiger partial charge < -0.3 is 5.32 Å². The zero-order valence-corrected chi connectivity index (χ0v) is 9.67. The number of fused-ring (bicyclic) bond motifs is 1. The van der Waals surface area contributed by atoms with E-state index in [9.17, 15) is 13.2 Å². The SMILES string of the molecule is FC(F)(F)CCNCc1ccc2ncccc2c1. The molecule has 2 nitrogen and oxygen atoms in total. The predicted molar refractivity (Wildman–Crippen MR) is 64.1 cm³/mol. The van der Waals surface area contributed by atoms with Crippen LogP contribution in [0.3, 0.4) is 0 Å². The van der Waals surface area contributed by atoms with Crippen molar-refractivity contribution < 1.29 is 13.2 Å². The first-order valence-corrected chi connectivity index (χ1v) is 5.66. The van der Waals surface area contributed by atoms with E-state index in [0.717, 1.165) is 16.5 Å². The van der Waals surface area contributed by atoms with Crippen LogP contribution in [0, 0.1) is 0 Å². The molecule has 2 aromatic rings. The third-order valence-electron chi connectivity index (χ3n) is 2.58. The molecule has 0 saturated heterocycles. The van der Waals surface area contributed by atoms with Crippen LogP contribution in [0.1, 0.15) is 12.0 Å². The van der Waals surface area contributed by atoms with Gasteiger partial charge in [0.15, 0.2) is 0 Å². The molecular weight excluding hydrogens is 241 g/mol. The first kappa shape index (κ1) is 12.8. The van der Waals surface area contributed by atoms with E-state index in [0.29, 0.717) is 6.54 Å². The van der Waals surface area contributed by atoms with Gasteiger partial charge in [-0.3, -0.25) is 4.98 Å². The fourth-order valence-electron chi connectivity index (χ4n) is 1.70. The van der Waals surface area contributed by atoms with Gasteiger partial charge >= 0.3 is 6.18 Å². The van der Waals surface area contributed by atoms with Gasteiger partial charge in [0.2, 0.25) is 0 Å². The van der Waals surface area contributed by atoms with Crippen LogP contribution in [0.4, 0.5) is 13.2 Å². The highest BCUT2D eigenvalue weighted by atomic mass is 19.4. The van der Waals surface area contributed by atoms with Crippen molar-refractivity contribution in [2.45, 2.75) is 19.1 Å². The number of nitrogens with one attached hydrogen (secondary N) is 1. The second-order valence-corrected chi connectivity index (χ2v) is 4.07. The number of pyridine rings is 1. The molecule has 0 aliphatic heterocycles. The normalized spacial score (nSPS) is 11.9. The van der Waals surface area contributed by atoms with E-state index in [-0.39, 0.29) is 6.54 Å². The van der Waals surface area contributed by atoms with Crippen molar-refractivity contribution in [2.24, 2.45) is 0 Å². The quantitative estimate of drug-likeness (QED) is 0.847. The predicted octanol–water partition coefficient (Wildman–Crippen LogP) is 3.28. The topological polar surface area (TPSA) is 24.9 Å². The van der Waals surface area contributed by atoms with Crippen LogP contribution in [-0.2, 0) is 6.54 Å². The molecule has 0 fully saturated rings. The van der Waals surface area contributed by atoms with E-state index in [4.69, 9.17) is 0 Å². The molecule has 1 aromatic heterocycles. The maximum absolute atomic E-state index is 11.9. The molecule has 0 amide bonds. The summed E-state index contributed by atoms with van der Waals surface area (Å²) in [4.78, 5) is 4.18. The van der Waals surface area contributed by atoms with Crippen LogP contribution < -0.4 is 5.32 Å². The molecule has 0 unspecified atom stereocenters. The number of hydrogen-bond donors (Lipinski definition) is 1. The average Bonchev–Trinajstić information content (AvgIpc) is 2.33. The Morgan fingerprint density at radius 3 is 2.78 bits per heavy atom. The first-order valence-electron chi connectivity index (χ1n) is 5.66. The maximum Gasteiger partial charge on any atom is 0.390 e. The molecule has 1 N–H and O–H groups in total. The van der Waals surface area contributed by atoms with Crippen LogP contribution in [0.25, 0.3) is 10.9 Å². The number of alkyl halides is 3. The lowest BCUT2D eigenvalue weighted by molar-refractivity contribution is -0.133. The third-order valence-corrected chi connectivity index (χ3v) is 2.58. The smallest absolute Gasteiger partial charge is 0.312 e. The van der Waals surface area contributed by atoms with Gasteiger partial charge in [-0.25, -0.2) is 0 Å². The number of rotatable bonds is 4. The summed E-state index contributed by atoms with van der Waals surface area (Å²) in [6, 6.07) is 9.44. The van der Waals surface area contributed by atoms with E-state index >= 15 is 0 Å². The van der Waals surface area contributed by atoms with Gasteiger partial charge in [-0.2, -0.15) is 13.2 Å². The second-order valence-electron chi connectivity index (χ2n) is 4.07. The molecule has 1 aromatic carbocycles. The van der Waals surface area contributed by atoms with Crippen LogP contribution in [0.2, 0.25) is 0 Å². The number of hydrogen-bond acceptors (Lipinski definition) is 2. The summed E-state index contributed by atoms with van der Waals surface area (Å²) in [5.41, 5.74) is 1.84. The van der Waals surface area contributed by atoms with Crippen molar-refractivity contribution in [2.75, 3.05) is 6.54 Å². The highest BCUT2D eigenvalue weighted by Gasteiger charge is 2.25. The largest absolute Gasteiger partial charge is 0.390 e. The lowest BCUT2D eigenvalue weighted by Crippen LogP contribution is -2.21. The minimum atomic E-state index is -4.10. The molecule has 0 radical (unpaired) electrons. The van der Waals surface area contributed by atoms with Gasteiger partial charge in [0, 0.05) is 24.7 Å². The van der Waals surface area contributed by atoms with Crippen molar-refractivity contribution in [1.29, 1.82) is 0 Å². The molecule has 1 heterocycles. The Morgan fingerprint density at radius 2 is 2.00 bits per heavy atom. The van der Waals surface area contributed by atoms with E-state index in [1.165, 1.54) is 0 Å². The molecular formula is C13H13F3N2. The van der Waals surface area contributed by atoms with Crippen LogP contribution in [0.5, 0.6) is 0 Å². The minimum absolute atomic E-state index is 0.0609. The van der Waals surface area contributed by atoms with E-state index < -0.39 is 12.6 Å². The molecule has 2 rings (SSSR count). The monoisotopic (exact) mass is 254 g/mol. The van der Waals surface area contributed by atoms with Gasteiger partial charge in [-0.15, -0.1) is 0 Å². The lowest BCUT2D eigenvalue weighted by Gasteiger charge is -2.08. The Bertz CT molecular complexity index is 523. The average molecular weight is 254 g/mol. The van der Waals surface area contributed by atoms with Gasteiger partial charge in [0.25, 0.3) is 0 Å². The van der Waals surface area contributed by atoms with Gasteiger partial charge in [0.05, 0.1) is 11.9 Å². The van der Waals surface area contributed by atoms with Crippen molar-refractivity contribution in [1.82, 2.24) is 10.3 Å². The molecule has 0 atom stereocenters. The summed E-state index contributed by atoms with van der Waals surface area (Å²) in [7, 11) is 0. The number of nitrogens with zero attached hydrogens (tertiary/aromatic N) is 1. The molecule has 96 valence electrons. The fourth-order valence-corrected chi connectivity index (χ4v) is 1.70. The summed E-state index contributed by atoms with van der Waals surface area (Å²) in [6.45, 7) is 0.371. The summed E-state index contributed by atoms with van der Waals surface area (Å²) < 4.78 is 35.8. The molecule has 0 aliphatic rings. The molecule has 0 aliphatic carbocycles. The minimum Gasteiger partial charge on any atom is -0.312 e. The summed E-state index contributed by atoms with van der Waals surface area (Å²) in [5, 5.41) is 3.78. The van der Waals surface area contributed by atoms with Gasteiger partial charge in [-0.1, -0.05) is 12.1 Å². The first-order chi connectivity index (χ1) is 8.54. The highest BCUT2D eigenvalue weighted by molar-refractivity contribution is 5.78. The summed E-state index contributed by atoms with van der Waals surface area (Å²) >= 11 is 0. The fraction of sp³-hybridized carbons (Fsp3) is 0.308. The zero-order chi connectivity index (χ0) is 13.0. The Labute approximate surface area is 103 Å². The van der Waals surface area contributed by atoms with Gasteiger partial charge in [-0.05, 0) is 23.8 Å². The van der Waals surface area contributed by atoms with Crippen molar-refractivity contribution in [3.8, 4) is 0 Å². The molecule has 0 bridgehead atoms. The molecule has 0 saturated carbocycles. The lowest BCUT2D eigenvalue weighted by atomic mass is 10.1. The maximum atomic E-state index is 11.9. The Hall–Kier alpha value is -1.62. The van der Waals surface area contributed by atoms with Crippen LogP contribution in [-0.4, -0.2) is 17.7 Å². The van der Waals surface area contributed by atoms with Crippen LogP contribution >= 0.6 is 0 Å². The van der Waals surface area contributed by atoms with E-state index in [2.05, 4.69) is 10.3 Å². The van der Waals surface area contributed by atoms with E-state index in [1.54, 1.807) is 6.20 Å². The van der Waals surface area contributed by atoms with E-state index in [1.807, 2.05) is 30.3 Å². The van der Waals surface area contributed by atoms with Crippen LogP contribution in [0.15, 0.2) is 36.5 Å². The standard InChI is InChI=1S/C13H13F3N2/c14-13(15,16)5-7-17-9-10-3-4-12-11(8-10)2-1-6-18-12/h1-4,6,8,17H,5,7,9H2. The summed E-state index contributed by atoms with van der Waals surface area (Å²) in [5.74, 6) is 0. The number of benzene rings is 1. The molecule has 18 heavy (non-hydrogen) atoms. The van der Waals surface area contributed by atoms with Crippen molar-refractivity contribution in [3.05, 3.63) is 42.1 Å². The number of halogens is 3. The van der Waals surface area contributed by atoms with Crippen molar-refractivity contribution >= 4 is 10.9 Å². The Balaban J connectivity index is 1.92.